The molecule has 0 N–H and O–H groups in total. The summed E-state index contributed by atoms with van der Waals surface area (Å²) < 4.78 is 10.6. The van der Waals surface area contributed by atoms with Gasteiger partial charge in [0.2, 0.25) is 0 Å². The third kappa shape index (κ3) is 3.05. The van der Waals surface area contributed by atoms with E-state index in [9.17, 15) is 19.4 Å². The highest BCUT2D eigenvalue weighted by Crippen LogP contribution is 2.36. The number of carbonyl (C=O) groups excluding carboxylic acids is 2. The number of nitroso groups, excluding NO2 is 2. The van der Waals surface area contributed by atoms with E-state index in [1.165, 1.54) is 26.0 Å². The lowest BCUT2D eigenvalue weighted by molar-refractivity contribution is -0.494. The number of nitrogens with zero attached hydrogens (tertiary/aromatic N) is 2. The Hall–Kier alpha value is -2.90. The summed E-state index contributed by atoms with van der Waals surface area (Å²) in [5, 5.41) is 0. The number of benzene rings is 1. The van der Waals surface area contributed by atoms with Gasteiger partial charge >= 0.3 is 34.7 Å². The second-order valence-electron chi connectivity index (χ2n) is 4.53. The molecule has 1 aliphatic rings. The van der Waals surface area contributed by atoms with Crippen molar-refractivity contribution in [2.75, 3.05) is 13.2 Å². The van der Waals surface area contributed by atoms with Crippen molar-refractivity contribution in [2.45, 2.75) is 13.8 Å². The van der Waals surface area contributed by atoms with Gasteiger partial charge in [-0.2, -0.15) is 0 Å². The molecule has 0 amide bonds. The van der Waals surface area contributed by atoms with Crippen molar-refractivity contribution in [1.82, 2.24) is 0 Å². The molecule has 0 saturated heterocycles. The van der Waals surface area contributed by atoms with Crippen LogP contribution >= 0.6 is 0 Å². The molecule has 0 fully saturated rings. The van der Waals surface area contributed by atoms with Gasteiger partial charge in [0, 0.05) is 35.8 Å². The van der Waals surface area contributed by atoms with Crippen molar-refractivity contribution in [3.63, 3.8) is 0 Å². The van der Waals surface area contributed by atoms with Crippen LogP contribution in [0, 0.1) is 9.81 Å². The zero-order chi connectivity index (χ0) is 16.3. The van der Waals surface area contributed by atoms with E-state index in [-0.39, 0.29) is 36.0 Å². The Kier molecular flexibility index (Phi) is 4.40. The van der Waals surface area contributed by atoms with E-state index in [4.69, 9.17) is 9.47 Å². The van der Waals surface area contributed by atoms with Crippen LogP contribution in [-0.4, -0.2) is 34.7 Å². The van der Waals surface area contributed by atoms with E-state index < -0.39 is 11.9 Å². The lowest BCUT2D eigenvalue weighted by Crippen LogP contribution is -2.25. The van der Waals surface area contributed by atoms with E-state index in [2.05, 4.69) is 0 Å². The molecule has 0 aromatic heterocycles. The molecular formula is C14H14N2O6+2. The van der Waals surface area contributed by atoms with Gasteiger partial charge in [-0.25, -0.2) is 0 Å². The zero-order valence-electron chi connectivity index (χ0n) is 12.1. The fourth-order valence-electron chi connectivity index (χ4n) is 1.96. The molecule has 8 nitrogen and oxygen atoms in total. The van der Waals surface area contributed by atoms with Crippen molar-refractivity contribution < 1.29 is 28.6 Å². The molecule has 1 aliphatic heterocycles. The lowest BCUT2D eigenvalue weighted by Gasteiger charge is -2.07. The Morgan fingerprint density at radius 1 is 0.864 bits per heavy atom. The van der Waals surface area contributed by atoms with Crippen LogP contribution in [0.4, 0.5) is 11.4 Å². The number of ether oxygens (including phenoxy) is 2. The monoisotopic (exact) mass is 306 g/mol. The summed E-state index contributed by atoms with van der Waals surface area (Å²) in [4.78, 5) is 46.7. The molecule has 8 heteroatoms. The molecule has 0 atom stereocenters. The summed E-state index contributed by atoms with van der Waals surface area (Å²) in [6.45, 7) is 1.60. The van der Waals surface area contributed by atoms with Gasteiger partial charge in [-0.15, -0.1) is 0 Å². The SMILES string of the molecule is CC(=O)OCC1=C(COC(C)=O)[N+](=O)c2ccccc2[N+]1=O. The third-order valence-corrected chi connectivity index (χ3v) is 2.97. The van der Waals surface area contributed by atoms with Crippen molar-refractivity contribution >= 4 is 23.3 Å². The second-order valence-corrected chi connectivity index (χ2v) is 4.53. The smallest absolute Gasteiger partial charge is 0.352 e. The molecule has 22 heavy (non-hydrogen) atoms. The number of rotatable bonds is 4. The van der Waals surface area contributed by atoms with Gasteiger partial charge in [0.05, 0.1) is 9.52 Å². The molecule has 0 radical (unpaired) electrons. The molecule has 0 spiro atoms. The first-order valence-corrected chi connectivity index (χ1v) is 6.44. The number of carbonyl (C=O) groups is 2. The Morgan fingerprint density at radius 2 is 1.23 bits per heavy atom. The normalized spacial score (nSPS) is 13.7. The summed E-state index contributed by atoms with van der Waals surface area (Å²) in [7, 11) is 0. The van der Waals surface area contributed by atoms with E-state index >= 15 is 0 Å². The molecule has 1 aromatic rings. The second kappa shape index (κ2) is 6.25. The van der Waals surface area contributed by atoms with Crippen molar-refractivity contribution in [1.29, 1.82) is 0 Å². The highest BCUT2D eigenvalue weighted by atomic mass is 16.5. The minimum atomic E-state index is -0.593. The van der Waals surface area contributed by atoms with E-state index in [1.807, 2.05) is 0 Å². The molecule has 0 aliphatic carbocycles. The quantitative estimate of drug-likeness (QED) is 0.622. The van der Waals surface area contributed by atoms with Crippen molar-refractivity contribution in [3.8, 4) is 0 Å². The first-order valence-electron chi connectivity index (χ1n) is 6.44. The highest BCUT2D eigenvalue weighted by Gasteiger charge is 2.48. The molecule has 114 valence electrons. The number of hydrogen-bond donors (Lipinski definition) is 0. The van der Waals surface area contributed by atoms with E-state index in [1.54, 1.807) is 12.1 Å². The van der Waals surface area contributed by atoms with Crippen LogP contribution in [-0.2, 0) is 19.1 Å². The van der Waals surface area contributed by atoms with Gasteiger partial charge in [0.1, 0.15) is 0 Å². The fraction of sp³-hybridized carbons (Fsp3) is 0.286. The molecule has 1 heterocycles. The van der Waals surface area contributed by atoms with Crippen LogP contribution in [0.15, 0.2) is 35.7 Å². The first-order chi connectivity index (χ1) is 10.4. The molecule has 1 aromatic carbocycles. The maximum Gasteiger partial charge on any atom is 0.352 e. The largest absolute Gasteiger partial charge is 0.454 e. The van der Waals surface area contributed by atoms with Crippen LogP contribution in [0.25, 0.3) is 0 Å². The zero-order valence-corrected chi connectivity index (χ0v) is 12.1. The van der Waals surface area contributed by atoms with Crippen LogP contribution < -0.4 is 0 Å². The van der Waals surface area contributed by atoms with Gasteiger partial charge in [0.15, 0.2) is 13.2 Å². The maximum absolute atomic E-state index is 12.4. The summed E-state index contributed by atoms with van der Waals surface area (Å²) in [6, 6.07) is 6.17. The van der Waals surface area contributed by atoms with Crippen LogP contribution in [0.5, 0.6) is 0 Å². The standard InChI is InChI=1S/C14H14N2O6/c1-9(17)21-7-13-14(8-22-10(2)18)16(20)12-6-4-3-5-11(12)15(13)19/h3-6H,7-8H2,1-2H3/q+2. The van der Waals surface area contributed by atoms with E-state index in [0.29, 0.717) is 9.52 Å². The third-order valence-electron chi connectivity index (χ3n) is 2.97. The fourth-order valence-corrected chi connectivity index (χ4v) is 1.96. The molecule has 2 rings (SSSR count). The Bertz CT molecular complexity index is 648. The topological polar surface area (TPSA) is 92.8 Å². The average molecular weight is 306 g/mol. The average Bonchev–Trinajstić information content (AvgIpc) is 2.48. The predicted molar refractivity (Wildman–Crippen MR) is 73.3 cm³/mol. The Labute approximate surface area is 125 Å². The number of esters is 2. The molecule has 0 saturated carbocycles. The van der Waals surface area contributed by atoms with E-state index in [0.717, 1.165) is 0 Å². The van der Waals surface area contributed by atoms with Gasteiger partial charge < -0.3 is 9.47 Å². The summed E-state index contributed by atoms with van der Waals surface area (Å²) in [6.07, 6.45) is 0. The number of fused-ring (bicyclic) bond motifs is 1. The van der Waals surface area contributed by atoms with Gasteiger partial charge in [-0.05, 0) is 0 Å². The Morgan fingerprint density at radius 3 is 1.55 bits per heavy atom. The molecular weight excluding hydrogens is 292 g/mol. The van der Waals surface area contributed by atoms with Gasteiger partial charge in [-0.1, -0.05) is 12.1 Å². The van der Waals surface area contributed by atoms with Gasteiger partial charge in [0.25, 0.3) is 0 Å². The lowest BCUT2D eigenvalue weighted by atomic mass is 10.1. The number of para-hydroxylation sites is 2. The maximum atomic E-state index is 12.4. The first kappa shape index (κ1) is 15.5. The van der Waals surface area contributed by atoms with Crippen LogP contribution in [0.3, 0.4) is 0 Å². The number of hydrogen-bond acceptors (Lipinski definition) is 6. The minimum absolute atomic E-state index is 0.0786. The van der Waals surface area contributed by atoms with Gasteiger partial charge in [-0.3, -0.25) is 9.59 Å². The Balaban J connectivity index is 2.44. The van der Waals surface area contributed by atoms with Crippen LogP contribution in [0.1, 0.15) is 13.8 Å². The molecule has 0 unspecified atom stereocenters. The highest BCUT2D eigenvalue weighted by molar-refractivity contribution is 5.66. The molecule has 0 bridgehead atoms. The van der Waals surface area contributed by atoms with Crippen LogP contribution in [0.2, 0.25) is 0 Å². The van der Waals surface area contributed by atoms with Crippen molar-refractivity contribution in [3.05, 3.63) is 45.5 Å². The summed E-state index contributed by atoms with van der Waals surface area (Å²) >= 11 is 0. The summed E-state index contributed by atoms with van der Waals surface area (Å²) in [5.41, 5.74) is 0.104. The predicted octanol–water partition coefficient (Wildman–Crippen LogP) is 1.86. The minimum Gasteiger partial charge on any atom is -0.454 e. The summed E-state index contributed by atoms with van der Waals surface area (Å²) in [5.74, 6) is -1.19. The van der Waals surface area contributed by atoms with Crippen molar-refractivity contribution in [2.24, 2.45) is 0 Å².